The van der Waals surface area contributed by atoms with Crippen LogP contribution in [0.15, 0.2) is 58.7 Å². The highest BCUT2D eigenvalue weighted by Crippen LogP contribution is 2.38. The van der Waals surface area contributed by atoms with Crippen molar-refractivity contribution in [2.24, 2.45) is 5.28 Å². The van der Waals surface area contributed by atoms with Crippen molar-refractivity contribution in [1.29, 1.82) is 0 Å². The van der Waals surface area contributed by atoms with Crippen LogP contribution >= 0.6 is 23.2 Å². The summed E-state index contributed by atoms with van der Waals surface area (Å²) in [4.78, 5) is 18.8. The van der Waals surface area contributed by atoms with E-state index in [1.54, 1.807) is 30.3 Å². The molecule has 0 N–H and O–H groups in total. The zero-order valence-electron chi connectivity index (χ0n) is 16.5. The van der Waals surface area contributed by atoms with Crippen molar-refractivity contribution in [3.8, 4) is 0 Å². The van der Waals surface area contributed by atoms with E-state index >= 15 is 0 Å². The Labute approximate surface area is 190 Å². The first-order chi connectivity index (χ1) is 14.8. The number of hydrogen-bond donors (Lipinski definition) is 0. The van der Waals surface area contributed by atoms with Crippen molar-refractivity contribution in [3.05, 3.63) is 69.3 Å². The molecule has 0 bridgehead atoms. The molecule has 3 rings (SSSR count). The molecular formula is C19H20Cl2N4O5S. The molecule has 1 saturated heterocycles. The van der Waals surface area contributed by atoms with Crippen molar-refractivity contribution in [2.45, 2.75) is 17.5 Å². The average molecular weight is 487 g/mol. The van der Waals surface area contributed by atoms with Crippen molar-refractivity contribution >= 4 is 39.1 Å². The summed E-state index contributed by atoms with van der Waals surface area (Å²) in [6.07, 6.45) is -0.688. The standard InChI is InChI=1S/C19H20Cl2N4O5S/c1-30-22-25(27)13-18(26)23-10-5-11-24(31(28,29)15-6-3-2-4-7-15)19(23)16-9-8-14(20)12-17(16)21/h2-4,6-9,12,19H,5,10-11,13H2,1H3/b25-22-. The zero-order valence-corrected chi connectivity index (χ0v) is 18.8. The van der Waals surface area contributed by atoms with Gasteiger partial charge in [-0.05, 0) is 35.5 Å². The first kappa shape index (κ1) is 23.3. The second-order valence-corrected chi connectivity index (χ2v) is 9.42. The summed E-state index contributed by atoms with van der Waals surface area (Å²) in [5, 5.41) is 15.5. The van der Waals surface area contributed by atoms with E-state index in [1.165, 1.54) is 34.5 Å². The van der Waals surface area contributed by atoms with Crippen LogP contribution in [-0.4, -0.2) is 55.1 Å². The number of benzene rings is 2. The van der Waals surface area contributed by atoms with Crippen LogP contribution in [-0.2, 0) is 19.7 Å². The number of carbonyl (C=O) groups is 1. The maximum Gasteiger partial charge on any atom is 0.293 e. The van der Waals surface area contributed by atoms with Crippen LogP contribution in [0.2, 0.25) is 10.0 Å². The summed E-state index contributed by atoms with van der Waals surface area (Å²) in [5.74, 6) is -0.625. The van der Waals surface area contributed by atoms with Crippen LogP contribution in [0.1, 0.15) is 18.2 Å². The van der Waals surface area contributed by atoms with Gasteiger partial charge in [0.05, 0.1) is 4.90 Å². The maximum atomic E-state index is 13.5. The molecule has 12 heteroatoms. The number of halogens is 2. The van der Waals surface area contributed by atoms with E-state index in [0.29, 0.717) is 17.0 Å². The van der Waals surface area contributed by atoms with Gasteiger partial charge in [0.2, 0.25) is 10.0 Å². The largest absolute Gasteiger partial charge is 0.597 e. The summed E-state index contributed by atoms with van der Waals surface area (Å²) >= 11 is 12.4. The second-order valence-electron chi connectivity index (χ2n) is 6.68. The molecule has 166 valence electrons. The summed E-state index contributed by atoms with van der Waals surface area (Å²) < 4.78 is 28.1. The Hall–Kier alpha value is -2.40. The van der Waals surface area contributed by atoms with Gasteiger partial charge in [-0.1, -0.05) is 47.5 Å². The Kier molecular flexibility index (Phi) is 7.37. The number of rotatable bonds is 6. The molecular weight excluding hydrogens is 467 g/mol. The molecule has 31 heavy (non-hydrogen) atoms. The lowest BCUT2D eigenvalue weighted by Crippen LogP contribution is -2.53. The highest BCUT2D eigenvalue weighted by molar-refractivity contribution is 7.89. The summed E-state index contributed by atoms with van der Waals surface area (Å²) in [6.45, 7) is -0.257. The maximum absolute atomic E-state index is 13.5. The first-order valence-corrected chi connectivity index (χ1v) is 11.5. The molecule has 1 heterocycles. The van der Waals surface area contributed by atoms with E-state index < -0.39 is 28.6 Å². The molecule has 1 fully saturated rings. The van der Waals surface area contributed by atoms with Gasteiger partial charge in [-0.15, -0.1) is 0 Å². The molecule has 2 aromatic rings. The van der Waals surface area contributed by atoms with E-state index in [2.05, 4.69) is 10.1 Å². The van der Waals surface area contributed by atoms with Gasteiger partial charge in [0.15, 0.2) is 5.28 Å². The van der Waals surface area contributed by atoms with Crippen LogP contribution in [0.3, 0.4) is 0 Å². The van der Waals surface area contributed by atoms with Crippen molar-refractivity contribution in [3.63, 3.8) is 0 Å². The molecule has 1 unspecified atom stereocenters. The van der Waals surface area contributed by atoms with Gasteiger partial charge in [-0.25, -0.2) is 8.42 Å². The van der Waals surface area contributed by atoms with Crippen LogP contribution in [0.25, 0.3) is 0 Å². The monoisotopic (exact) mass is 486 g/mol. The predicted molar refractivity (Wildman–Crippen MR) is 114 cm³/mol. The smallest absolute Gasteiger partial charge is 0.293 e. The van der Waals surface area contributed by atoms with E-state index in [1.807, 2.05) is 0 Å². The molecule has 0 aromatic heterocycles. The zero-order chi connectivity index (χ0) is 22.6. The number of amides is 1. The van der Waals surface area contributed by atoms with Crippen molar-refractivity contribution < 1.29 is 22.9 Å². The fraction of sp³-hybridized carbons (Fsp3) is 0.316. The van der Waals surface area contributed by atoms with Gasteiger partial charge in [0, 0.05) is 28.7 Å². The highest BCUT2D eigenvalue weighted by atomic mass is 35.5. The molecule has 0 radical (unpaired) electrons. The van der Waals surface area contributed by atoms with Crippen LogP contribution in [0.5, 0.6) is 0 Å². The second kappa shape index (κ2) is 9.82. The Balaban J connectivity index is 2.09. The third-order valence-electron chi connectivity index (χ3n) is 4.70. The molecule has 9 nitrogen and oxygen atoms in total. The van der Waals surface area contributed by atoms with Gasteiger partial charge in [0.1, 0.15) is 13.3 Å². The summed E-state index contributed by atoms with van der Waals surface area (Å²) in [6, 6.07) is 12.5. The highest BCUT2D eigenvalue weighted by Gasteiger charge is 2.42. The van der Waals surface area contributed by atoms with E-state index in [-0.39, 0.29) is 27.9 Å². The Morgan fingerprint density at radius 2 is 1.94 bits per heavy atom. The van der Waals surface area contributed by atoms with E-state index in [0.717, 1.165) is 0 Å². The molecule has 1 aliphatic rings. The van der Waals surface area contributed by atoms with Crippen LogP contribution in [0.4, 0.5) is 0 Å². The minimum absolute atomic E-state index is 0.0826. The average Bonchev–Trinajstić information content (AvgIpc) is 2.74. The predicted octanol–water partition coefficient (Wildman–Crippen LogP) is 3.44. The van der Waals surface area contributed by atoms with Crippen LogP contribution in [0, 0.1) is 5.21 Å². The number of hydroxylamine groups is 1. The lowest BCUT2D eigenvalue weighted by molar-refractivity contribution is -0.547. The summed E-state index contributed by atoms with van der Waals surface area (Å²) in [7, 11) is -2.80. The quantitative estimate of drug-likeness (QED) is 0.353. The fourth-order valence-corrected chi connectivity index (χ4v) is 5.54. The number of sulfonamides is 1. The molecule has 2 aromatic carbocycles. The molecule has 1 atom stereocenters. The number of nitrogens with zero attached hydrogens (tertiary/aromatic N) is 4. The minimum Gasteiger partial charge on any atom is -0.597 e. The first-order valence-electron chi connectivity index (χ1n) is 9.26. The third-order valence-corrected chi connectivity index (χ3v) is 7.13. The molecule has 0 spiro atoms. The Morgan fingerprint density at radius 1 is 1.23 bits per heavy atom. The lowest BCUT2D eigenvalue weighted by atomic mass is 10.1. The third kappa shape index (κ3) is 5.09. The SMILES string of the molecule is CO/N=[N+](\[O-])CC(=O)N1CCCN(S(=O)(=O)c2ccccc2)C1c1ccc(Cl)cc1Cl. The summed E-state index contributed by atoms with van der Waals surface area (Å²) in [5.41, 5.74) is 0.375. The minimum atomic E-state index is -3.98. The molecule has 1 aliphatic heterocycles. The van der Waals surface area contributed by atoms with Gasteiger partial charge in [0.25, 0.3) is 12.5 Å². The lowest BCUT2D eigenvalue weighted by Gasteiger charge is -2.43. The normalized spacial score (nSPS) is 18.1. The van der Waals surface area contributed by atoms with Gasteiger partial charge < -0.3 is 14.9 Å². The number of hydrogen-bond acceptors (Lipinski definition) is 6. The molecule has 0 aliphatic carbocycles. The van der Waals surface area contributed by atoms with Crippen molar-refractivity contribution in [1.82, 2.24) is 9.21 Å². The van der Waals surface area contributed by atoms with Gasteiger partial charge in [-0.3, -0.25) is 4.79 Å². The molecule has 0 saturated carbocycles. The molecule has 1 amide bonds. The van der Waals surface area contributed by atoms with Gasteiger partial charge in [-0.2, -0.15) is 4.31 Å². The van der Waals surface area contributed by atoms with E-state index in [9.17, 15) is 18.4 Å². The van der Waals surface area contributed by atoms with Crippen molar-refractivity contribution in [2.75, 3.05) is 26.7 Å². The van der Waals surface area contributed by atoms with Gasteiger partial charge >= 0.3 is 0 Å². The fourth-order valence-electron chi connectivity index (χ4n) is 3.40. The Bertz CT molecular complexity index is 1080. The van der Waals surface area contributed by atoms with E-state index in [4.69, 9.17) is 23.2 Å². The number of carbonyl (C=O) groups excluding carboxylic acids is 1. The van der Waals surface area contributed by atoms with Crippen LogP contribution < -0.4 is 0 Å². The Morgan fingerprint density at radius 3 is 2.58 bits per heavy atom. The topological polar surface area (TPSA) is 105 Å².